The molecule has 1 heterocycles. The molecule has 0 radical (unpaired) electrons. The zero-order valence-electron chi connectivity index (χ0n) is 18.0. The summed E-state index contributed by atoms with van der Waals surface area (Å²) in [7, 11) is -0.428. The van der Waals surface area contributed by atoms with Crippen LogP contribution < -0.4 is 10.5 Å². The Labute approximate surface area is 169 Å². The number of likely N-dealkylation sites (tertiary alicyclic amines) is 1. The Morgan fingerprint density at radius 1 is 1.36 bits per heavy atom. The van der Waals surface area contributed by atoms with Crippen LogP contribution in [0.15, 0.2) is 12.1 Å². The molecule has 1 amide bonds. The largest absolute Gasteiger partial charge is 0.504 e. The highest BCUT2D eigenvalue weighted by atomic mass is 28.4. The molecule has 2 aliphatic rings. The molecule has 1 aromatic rings. The van der Waals surface area contributed by atoms with Gasteiger partial charge in [0.15, 0.2) is 19.8 Å². The van der Waals surface area contributed by atoms with E-state index in [4.69, 9.17) is 14.9 Å². The number of nitrogens with two attached hydrogens (primary N) is 1. The SMILES string of the molecule is COc1cc(C(=O)N2CC3(CC3)C[C@H]2CO[Si](C)(C)C(C)(C)C)c(N)cc1O. The summed E-state index contributed by atoms with van der Waals surface area (Å²) >= 11 is 0. The average Bonchev–Trinajstić information content (AvgIpc) is 3.23. The second-order valence-electron chi connectivity index (χ2n) is 9.97. The van der Waals surface area contributed by atoms with Crippen LogP contribution in [0.5, 0.6) is 11.5 Å². The number of nitrogens with zero attached hydrogens (tertiary/aromatic N) is 1. The van der Waals surface area contributed by atoms with E-state index in [9.17, 15) is 9.90 Å². The van der Waals surface area contributed by atoms with Crippen LogP contribution in [0.2, 0.25) is 18.1 Å². The van der Waals surface area contributed by atoms with Crippen molar-refractivity contribution in [2.75, 3.05) is 26.0 Å². The van der Waals surface area contributed by atoms with E-state index >= 15 is 0 Å². The first-order valence-corrected chi connectivity index (χ1v) is 12.9. The van der Waals surface area contributed by atoms with Gasteiger partial charge in [-0.05, 0) is 48.9 Å². The molecule has 7 heteroatoms. The molecule has 0 bridgehead atoms. The predicted molar refractivity (Wildman–Crippen MR) is 113 cm³/mol. The molecule has 1 aromatic carbocycles. The lowest BCUT2D eigenvalue weighted by Gasteiger charge is -2.38. The van der Waals surface area contributed by atoms with Gasteiger partial charge >= 0.3 is 0 Å². The molecule has 6 nitrogen and oxygen atoms in total. The first kappa shape index (κ1) is 21.0. The molecule has 156 valence electrons. The molecule has 1 spiro atoms. The molecule has 3 N–H and O–H groups in total. The van der Waals surface area contributed by atoms with Crippen LogP contribution in [0.25, 0.3) is 0 Å². The summed E-state index contributed by atoms with van der Waals surface area (Å²) in [5, 5.41) is 10.0. The first-order chi connectivity index (χ1) is 12.9. The van der Waals surface area contributed by atoms with Crippen molar-refractivity contribution in [2.24, 2.45) is 5.41 Å². The maximum atomic E-state index is 13.4. The van der Waals surface area contributed by atoms with Gasteiger partial charge < -0.3 is 24.9 Å². The van der Waals surface area contributed by atoms with Gasteiger partial charge in [-0.2, -0.15) is 0 Å². The number of carbonyl (C=O) groups excluding carboxylic acids is 1. The third-order valence-electron chi connectivity index (χ3n) is 6.86. The monoisotopic (exact) mass is 406 g/mol. The van der Waals surface area contributed by atoms with Crippen molar-refractivity contribution in [3.05, 3.63) is 17.7 Å². The van der Waals surface area contributed by atoms with Crippen LogP contribution in [-0.4, -0.2) is 50.5 Å². The summed E-state index contributed by atoms with van der Waals surface area (Å²) in [5.41, 5.74) is 6.96. The lowest BCUT2D eigenvalue weighted by Crippen LogP contribution is -2.46. The molecule has 0 aromatic heterocycles. The molecule has 1 saturated heterocycles. The number of aromatic hydroxyl groups is 1. The molecule has 1 aliphatic carbocycles. The topological polar surface area (TPSA) is 85.0 Å². The van der Waals surface area contributed by atoms with Gasteiger partial charge in [-0.1, -0.05) is 20.8 Å². The number of nitrogen functional groups attached to an aromatic ring is 1. The lowest BCUT2D eigenvalue weighted by atomic mass is 10.0. The number of phenolic OH excluding ortho intramolecular Hbond substituents is 1. The molecule has 28 heavy (non-hydrogen) atoms. The Bertz CT molecular complexity index is 768. The number of hydrogen-bond donors (Lipinski definition) is 2. The molecule has 0 unspecified atom stereocenters. The number of anilines is 1. The van der Waals surface area contributed by atoms with E-state index < -0.39 is 8.32 Å². The summed E-state index contributed by atoms with van der Waals surface area (Å²) in [5.74, 6) is 0.0878. The normalized spacial score (nSPS) is 21.2. The van der Waals surface area contributed by atoms with Crippen molar-refractivity contribution in [1.82, 2.24) is 4.90 Å². The number of carbonyl (C=O) groups is 1. The summed E-state index contributed by atoms with van der Waals surface area (Å²) in [4.78, 5) is 15.3. The van der Waals surface area contributed by atoms with Crippen molar-refractivity contribution in [2.45, 2.75) is 64.2 Å². The maximum Gasteiger partial charge on any atom is 0.256 e. The van der Waals surface area contributed by atoms with Gasteiger partial charge in [-0.25, -0.2) is 0 Å². The number of amides is 1. The molecule has 1 atom stereocenters. The third-order valence-corrected chi connectivity index (χ3v) is 11.4. The van der Waals surface area contributed by atoms with Gasteiger partial charge in [0, 0.05) is 18.3 Å². The number of ether oxygens (including phenoxy) is 1. The van der Waals surface area contributed by atoms with E-state index in [-0.39, 0.29) is 39.6 Å². The number of benzene rings is 1. The number of hydrogen-bond acceptors (Lipinski definition) is 5. The quantitative estimate of drug-likeness (QED) is 0.570. The highest BCUT2D eigenvalue weighted by Gasteiger charge is 2.54. The average molecular weight is 407 g/mol. The Balaban J connectivity index is 1.82. The van der Waals surface area contributed by atoms with Gasteiger partial charge in [-0.3, -0.25) is 4.79 Å². The van der Waals surface area contributed by atoms with Crippen LogP contribution in [0.1, 0.15) is 50.4 Å². The van der Waals surface area contributed by atoms with Crippen molar-refractivity contribution in [3.63, 3.8) is 0 Å². The van der Waals surface area contributed by atoms with Crippen molar-refractivity contribution in [1.29, 1.82) is 0 Å². The fraction of sp³-hybridized carbons (Fsp3) is 0.667. The van der Waals surface area contributed by atoms with E-state index in [1.54, 1.807) is 0 Å². The predicted octanol–water partition coefficient (Wildman–Crippen LogP) is 4.00. The van der Waals surface area contributed by atoms with Gasteiger partial charge in [0.2, 0.25) is 0 Å². The van der Waals surface area contributed by atoms with Gasteiger partial charge in [0.1, 0.15) is 0 Å². The van der Waals surface area contributed by atoms with E-state index in [2.05, 4.69) is 33.9 Å². The highest BCUT2D eigenvalue weighted by Crippen LogP contribution is 2.55. The van der Waals surface area contributed by atoms with E-state index in [0.717, 1.165) is 13.0 Å². The van der Waals surface area contributed by atoms with Crippen LogP contribution in [0.4, 0.5) is 5.69 Å². The maximum absolute atomic E-state index is 13.4. The molecular weight excluding hydrogens is 372 g/mol. The Morgan fingerprint density at radius 2 is 2.00 bits per heavy atom. The van der Waals surface area contributed by atoms with Crippen molar-refractivity contribution < 1.29 is 19.1 Å². The van der Waals surface area contributed by atoms with Crippen molar-refractivity contribution >= 4 is 19.9 Å². The van der Waals surface area contributed by atoms with Crippen LogP contribution in [0, 0.1) is 5.41 Å². The minimum Gasteiger partial charge on any atom is -0.504 e. The van der Waals surface area contributed by atoms with Crippen LogP contribution >= 0.6 is 0 Å². The van der Waals surface area contributed by atoms with Crippen LogP contribution in [-0.2, 0) is 4.43 Å². The lowest BCUT2D eigenvalue weighted by molar-refractivity contribution is 0.0680. The van der Waals surface area contributed by atoms with E-state index in [1.807, 2.05) is 4.90 Å². The Kier molecular flexibility index (Phi) is 5.21. The molecule has 3 rings (SSSR count). The van der Waals surface area contributed by atoms with Crippen molar-refractivity contribution in [3.8, 4) is 11.5 Å². The smallest absolute Gasteiger partial charge is 0.256 e. The fourth-order valence-corrected chi connectivity index (χ4v) is 4.74. The van der Waals surface area contributed by atoms with E-state index in [1.165, 1.54) is 32.1 Å². The zero-order valence-corrected chi connectivity index (χ0v) is 19.0. The number of phenols is 1. The first-order valence-electron chi connectivity index (χ1n) is 10.0. The minimum absolute atomic E-state index is 0.0586. The third kappa shape index (κ3) is 3.87. The second kappa shape index (κ2) is 6.95. The Hall–Kier alpha value is -1.73. The minimum atomic E-state index is -1.89. The Morgan fingerprint density at radius 3 is 2.54 bits per heavy atom. The summed E-state index contributed by atoms with van der Waals surface area (Å²) in [6, 6.07) is 2.98. The van der Waals surface area contributed by atoms with Gasteiger partial charge in [-0.15, -0.1) is 0 Å². The standard InChI is InChI=1S/C21H34N2O4Si/c1-20(2,3)28(5,6)27-12-14-11-21(7-8-21)13-23(14)19(25)15-9-18(26-4)17(24)10-16(15)22/h9-10,14,24H,7-8,11-13,22H2,1-6H3/t14-/m0/s1. The van der Waals surface area contributed by atoms with Gasteiger partial charge in [0.05, 0.1) is 25.3 Å². The fourth-order valence-electron chi connectivity index (χ4n) is 3.70. The second-order valence-corrected chi connectivity index (χ2v) is 14.8. The zero-order chi connectivity index (χ0) is 20.9. The van der Waals surface area contributed by atoms with E-state index in [0.29, 0.717) is 12.2 Å². The molecule has 1 saturated carbocycles. The number of methoxy groups -OCH3 is 1. The summed E-state index contributed by atoms with van der Waals surface area (Å²) < 4.78 is 11.6. The molecular formula is C21H34N2O4Si. The summed E-state index contributed by atoms with van der Waals surface area (Å²) in [6.45, 7) is 12.5. The van der Waals surface area contributed by atoms with Crippen LogP contribution in [0.3, 0.4) is 0 Å². The summed E-state index contributed by atoms with van der Waals surface area (Å²) in [6.07, 6.45) is 3.33. The molecule has 1 aliphatic heterocycles. The highest BCUT2D eigenvalue weighted by molar-refractivity contribution is 6.74. The van der Waals surface area contributed by atoms with Gasteiger partial charge in [0.25, 0.3) is 5.91 Å². The number of rotatable bonds is 5. The molecule has 2 fully saturated rings.